The molecule has 18 heavy (non-hydrogen) atoms. The second kappa shape index (κ2) is 5.45. The number of hydrogen-bond acceptors (Lipinski definition) is 5. The van der Waals surface area contributed by atoms with E-state index in [0.717, 1.165) is 0 Å². The molecule has 0 bridgehead atoms. The number of nitrogens with one attached hydrogen (secondary N) is 1. The molecule has 7 heteroatoms. The third kappa shape index (κ3) is 2.85. The number of carbonyl (C=O) groups excluding carboxylic acids is 1. The molecule has 98 valence electrons. The first-order valence-corrected chi connectivity index (χ1v) is 6.52. The molecule has 1 aliphatic rings. The molecule has 0 aromatic carbocycles. The molecule has 2 heterocycles. The molecule has 0 radical (unpaired) electrons. The Balaban J connectivity index is 1.81. The van der Waals surface area contributed by atoms with Gasteiger partial charge in [-0.15, -0.1) is 11.3 Å². The van der Waals surface area contributed by atoms with E-state index in [9.17, 15) is 9.59 Å². The Morgan fingerprint density at radius 2 is 2.39 bits per heavy atom. The number of aryl methyl sites for hydroxylation is 1. The van der Waals surface area contributed by atoms with E-state index in [0.29, 0.717) is 30.0 Å². The Hall–Kier alpha value is -1.47. The van der Waals surface area contributed by atoms with Crippen LogP contribution in [0.4, 0.5) is 0 Å². The Bertz CT molecular complexity index is 460. The van der Waals surface area contributed by atoms with Crippen LogP contribution in [-0.2, 0) is 9.53 Å². The van der Waals surface area contributed by atoms with Crippen LogP contribution in [0.2, 0.25) is 0 Å². The SMILES string of the molecule is Cc1ncsc1C(=O)NCC1CCC(C(=O)O)O1. The second-order valence-corrected chi connectivity index (χ2v) is 4.99. The summed E-state index contributed by atoms with van der Waals surface area (Å²) < 4.78 is 5.29. The molecule has 1 amide bonds. The zero-order valence-corrected chi connectivity index (χ0v) is 10.7. The molecule has 0 aliphatic carbocycles. The van der Waals surface area contributed by atoms with Crippen molar-refractivity contribution in [1.29, 1.82) is 0 Å². The summed E-state index contributed by atoms with van der Waals surface area (Å²) in [4.78, 5) is 27.1. The highest BCUT2D eigenvalue weighted by Crippen LogP contribution is 2.19. The number of hydrogen-bond donors (Lipinski definition) is 2. The molecule has 2 rings (SSSR count). The summed E-state index contributed by atoms with van der Waals surface area (Å²) in [5.74, 6) is -1.13. The number of ether oxygens (including phenoxy) is 1. The summed E-state index contributed by atoms with van der Waals surface area (Å²) in [5, 5.41) is 11.5. The average molecular weight is 270 g/mol. The lowest BCUT2D eigenvalue weighted by molar-refractivity contribution is -0.149. The highest BCUT2D eigenvalue weighted by Gasteiger charge is 2.30. The minimum Gasteiger partial charge on any atom is -0.479 e. The van der Waals surface area contributed by atoms with Crippen molar-refractivity contribution < 1.29 is 19.4 Å². The van der Waals surface area contributed by atoms with Gasteiger partial charge >= 0.3 is 5.97 Å². The minimum atomic E-state index is -0.942. The molecule has 1 saturated heterocycles. The van der Waals surface area contributed by atoms with Gasteiger partial charge in [0, 0.05) is 6.54 Å². The first-order valence-electron chi connectivity index (χ1n) is 5.64. The fourth-order valence-electron chi connectivity index (χ4n) is 1.84. The molecule has 2 N–H and O–H groups in total. The lowest BCUT2D eigenvalue weighted by Crippen LogP contribution is -2.33. The Kier molecular flexibility index (Phi) is 3.93. The summed E-state index contributed by atoms with van der Waals surface area (Å²) in [6.07, 6.45) is 0.189. The van der Waals surface area contributed by atoms with E-state index in [4.69, 9.17) is 9.84 Å². The van der Waals surface area contributed by atoms with Crippen molar-refractivity contribution in [3.63, 3.8) is 0 Å². The van der Waals surface area contributed by atoms with Gasteiger partial charge in [0.2, 0.25) is 0 Å². The monoisotopic (exact) mass is 270 g/mol. The predicted molar refractivity (Wildman–Crippen MR) is 64.7 cm³/mol. The van der Waals surface area contributed by atoms with Crippen LogP contribution in [0.1, 0.15) is 28.2 Å². The first-order chi connectivity index (χ1) is 8.58. The molecule has 0 spiro atoms. The molecular formula is C11H14N2O4S. The Morgan fingerprint density at radius 1 is 1.61 bits per heavy atom. The molecule has 1 fully saturated rings. The molecular weight excluding hydrogens is 256 g/mol. The van der Waals surface area contributed by atoms with E-state index in [-0.39, 0.29) is 12.0 Å². The van der Waals surface area contributed by atoms with Gasteiger partial charge in [0.25, 0.3) is 5.91 Å². The molecule has 0 saturated carbocycles. The van der Waals surface area contributed by atoms with Crippen LogP contribution < -0.4 is 5.32 Å². The number of aromatic nitrogens is 1. The Labute approximate surface area is 108 Å². The van der Waals surface area contributed by atoms with Crippen molar-refractivity contribution in [2.75, 3.05) is 6.54 Å². The number of nitrogens with zero attached hydrogens (tertiary/aromatic N) is 1. The molecule has 2 unspecified atom stereocenters. The number of carboxylic acids is 1. The second-order valence-electron chi connectivity index (χ2n) is 4.14. The highest BCUT2D eigenvalue weighted by atomic mass is 32.1. The van der Waals surface area contributed by atoms with E-state index in [1.165, 1.54) is 11.3 Å². The maximum atomic E-state index is 11.8. The topological polar surface area (TPSA) is 88.5 Å². The van der Waals surface area contributed by atoms with E-state index in [2.05, 4.69) is 10.3 Å². The minimum absolute atomic E-state index is 0.183. The van der Waals surface area contributed by atoms with Crippen molar-refractivity contribution in [3.8, 4) is 0 Å². The van der Waals surface area contributed by atoms with Gasteiger partial charge in [-0.3, -0.25) is 4.79 Å². The summed E-state index contributed by atoms with van der Waals surface area (Å²) in [6.45, 7) is 2.11. The maximum Gasteiger partial charge on any atom is 0.332 e. The van der Waals surface area contributed by atoms with Gasteiger partial charge in [0.05, 0.1) is 17.3 Å². The fraction of sp³-hybridized carbons (Fsp3) is 0.545. The largest absolute Gasteiger partial charge is 0.479 e. The number of carboxylic acid groups (broad SMARTS) is 1. The van der Waals surface area contributed by atoms with Crippen molar-refractivity contribution in [3.05, 3.63) is 16.1 Å². The van der Waals surface area contributed by atoms with E-state index in [1.807, 2.05) is 0 Å². The number of amides is 1. The Morgan fingerprint density at radius 3 is 2.94 bits per heavy atom. The quantitative estimate of drug-likeness (QED) is 0.845. The standard InChI is InChI=1S/C11H14N2O4S/c1-6-9(18-5-13-6)10(14)12-4-7-2-3-8(17-7)11(15)16/h5,7-8H,2-4H2,1H3,(H,12,14)(H,15,16). The molecule has 1 aliphatic heterocycles. The van der Waals surface area contributed by atoms with Crippen molar-refractivity contribution in [2.45, 2.75) is 32.0 Å². The van der Waals surface area contributed by atoms with Gasteiger partial charge in [-0.05, 0) is 19.8 Å². The number of aliphatic carboxylic acids is 1. The zero-order chi connectivity index (χ0) is 13.1. The predicted octanol–water partition coefficient (Wildman–Crippen LogP) is 0.814. The number of thiazole rings is 1. The van der Waals surface area contributed by atoms with E-state index < -0.39 is 12.1 Å². The van der Waals surface area contributed by atoms with Crippen LogP contribution in [0.5, 0.6) is 0 Å². The molecule has 2 atom stereocenters. The van der Waals surface area contributed by atoms with E-state index >= 15 is 0 Å². The lowest BCUT2D eigenvalue weighted by atomic mass is 10.2. The molecule has 6 nitrogen and oxygen atoms in total. The number of rotatable bonds is 4. The van der Waals surface area contributed by atoms with Crippen LogP contribution in [0.3, 0.4) is 0 Å². The third-order valence-electron chi connectivity index (χ3n) is 2.83. The summed E-state index contributed by atoms with van der Waals surface area (Å²) in [5.41, 5.74) is 2.32. The van der Waals surface area contributed by atoms with E-state index in [1.54, 1.807) is 12.4 Å². The maximum absolute atomic E-state index is 11.8. The molecule has 1 aromatic heterocycles. The van der Waals surface area contributed by atoms with Crippen LogP contribution in [-0.4, -0.2) is 40.7 Å². The smallest absolute Gasteiger partial charge is 0.332 e. The van der Waals surface area contributed by atoms with Crippen molar-refractivity contribution in [2.24, 2.45) is 0 Å². The van der Waals surface area contributed by atoms with Crippen LogP contribution in [0.25, 0.3) is 0 Å². The summed E-state index contributed by atoms with van der Waals surface area (Å²) in [7, 11) is 0. The highest BCUT2D eigenvalue weighted by molar-refractivity contribution is 7.11. The normalized spacial score (nSPS) is 22.9. The van der Waals surface area contributed by atoms with Gasteiger partial charge in [0.1, 0.15) is 4.88 Å². The van der Waals surface area contributed by atoms with Gasteiger partial charge < -0.3 is 15.2 Å². The van der Waals surface area contributed by atoms with Crippen LogP contribution in [0, 0.1) is 6.92 Å². The summed E-state index contributed by atoms with van der Waals surface area (Å²) >= 11 is 1.29. The molecule has 1 aromatic rings. The summed E-state index contributed by atoms with van der Waals surface area (Å²) in [6, 6.07) is 0. The van der Waals surface area contributed by atoms with Gasteiger partial charge in [-0.1, -0.05) is 0 Å². The van der Waals surface area contributed by atoms with Crippen molar-refractivity contribution >= 4 is 23.2 Å². The first kappa shape index (κ1) is 13.0. The van der Waals surface area contributed by atoms with Gasteiger partial charge in [-0.2, -0.15) is 0 Å². The fourth-order valence-corrected chi connectivity index (χ4v) is 2.56. The average Bonchev–Trinajstić information content (AvgIpc) is 2.94. The third-order valence-corrected chi connectivity index (χ3v) is 3.75. The van der Waals surface area contributed by atoms with Crippen LogP contribution in [0.15, 0.2) is 5.51 Å². The van der Waals surface area contributed by atoms with Crippen LogP contribution >= 0.6 is 11.3 Å². The number of carbonyl (C=O) groups is 2. The lowest BCUT2D eigenvalue weighted by Gasteiger charge is -2.11. The van der Waals surface area contributed by atoms with Gasteiger partial charge in [0.15, 0.2) is 6.10 Å². The zero-order valence-electron chi connectivity index (χ0n) is 9.88. The van der Waals surface area contributed by atoms with Gasteiger partial charge in [-0.25, -0.2) is 9.78 Å². The van der Waals surface area contributed by atoms with Crippen molar-refractivity contribution in [1.82, 2.24) is 10.3 Å².